The second-order valence-corrected chi connectivity index (χ2v) is 7.19. The van der Waals surface area contributed by atoms with E-state index in [1.165, 1.54) is 25.7 Å². The topological polar surface area (TPSA) is 51.2 Å². The van der Waals surface area contributed by atoms with Gasteiger partial charge in [-0.25, -0.2) is 4.98 Å². The Hall–Kier alpha value is -1.88. The van der Waals surface area contributed by atoms with E-state index in [2.05, 4.69) is 10.3 Å². The Kier molecular flexibility index (Phi) is 4.04. The second-order valence-electron chi connectivity index (χ2n) is 6.47. The highest BCUT2D eigenvalue weighted by atomic mass is 32.1. The van der Waals surface area contributed by atoms with Crippen molar-refractivity contribution >= 4 is 17.2 Å². The Morgan fingerprint density at radius 2 is 2.09 bits per heavy atom. The Labute approximate surface area is 139 Å². The molecule has 2 aromatic rings. The van der Waals surface area contributed by atoms with Crippen LogP contribution < -0.4 is 10.1 Å². The number of carbonyl (C=O) groups is 1. The molecule has 0 saturated heterocycles. The summed E-state index contributed by atoms with van der Waals surface area (Å²) in [5, 5.41) is 5.21. The van der Waals surface area contributed by atoms with E-state index >= 15 is 0 Å². The van der Waals surface area contributed by atoms with Gasteiger partial charge in [0.2, 0.25) is 0 Å². The molecule has 0 atom stereocenters. The minimum absolute atomic E-state index is 0.0212. The van der Waals surface area contributed by atoms with Crippen molar-refractivity contribution in [3.05, 3.63) is 46.4 Å². The van der Waals surface area contributed by atoms with Gasteiger partial charge in [-0.3, -0.25) is 4.79 Å². The first-order valence-corrected chi connectivity index (χ1v) is 9.14. The second kappa shape index (κ2) is 6.32. The summed E-state index contributed by atoms with van der Waals surface area (Å²) in [5.74, 6) is 2.14. The van der Waals surface area contributed by atoms with Gasteiger partial charge in [0.25, 0.3) is 5.91 Å². The summed E-state index contributed by atoms with van der Waals surface area (Å²) < 4.78 is 5.73. The molecule has 2 aliphatic rings. The molecule has 120 valence electrons. The molecule has 2 fully saturated rings. The van der Waals surface area contributed by atoms with Crippen molar-refractivity contribution in [2.45, 2.75) is 38.3 Å². The predicted molar refractivity (Wildman–Crippen MR) is 89.6 cm³/mol. The van der Waals surface area contributed by atoms with Crippen molar-refractivity contribution in [1.82, 2.24) is 10.3 Å². The number of ether oxygens (including phenoxy) is 1. The zero-order valence-electron chi connectivity index (χ0n) is 12.9. The van der Waals surface area contributed by atoms with Crippen molar-refractivity contribution < 1.29 is 9.53 Å². The number of amides is 1. The Morgan fingerprint density at radius 3 is 2.74 bits per heavy atom. The molecule has 0 bridgehead atoms. The average molecular weight is 328 g/mol. The van der Waals surface area contributed by atoms with Crippen LogP contribution in [0.25, 0.3) is 0 Å². The van der Waals surface area contributed by atoms with Gasteiger partial charge in [0, 0.05) is 17.0 Å². The van der Waals surface area contributed by atoms with E-state index in [-0.39, 0.29) is 5.91 Å². The summed E-state index contributed by atoms with van der Waals surface area (Å²) in [6.07, 6.45) is 5.05. The van der Waals surface area contributed by atoms with Crippen LogP contribution in [-0.4, -0.2) is 16.9 Å². The van der Waals surface area contributed by atoms with Crippen LogP contribution in [0.3, 0.4) is 0 Å². The molecule has 1 N–H and O–H groups in total. The third-order valence-corrected chi connectivity index (χ3v) is 5.16. The fourth-order valence-corrected chi connectivity index (χ4v) is 3.50. The summed E-state index contributed by atoms with van der Waals surface area (Å²) in [6, 6.07) is 7.79. The van der Waals surface area contributed by atoms with Crippen molar-refractivity contribution in [3.8, 4) is 5.75 Å². The highest BCUT2D eigenvalue weighted by Gasteiger charge is 2.42. The molecule has 1 aromatic heterocycles. The van der Waals surface area contributed by atoms with E-state index in [1.54, 1.807) is 16.8 Å². The Balaban J connectivity index is 1.39. The van der Waals surface area contributed by atoms with Gasteiger partial charge in [0.15, 0.2) is 0 Å². The van der Waals surface area contributed by atoms with Crippen molar-refractivity contribution in [2.75, 3.05) is 0 Å². The van der Waals surface area contributed by atoms with Crippen LogP contribution in [0.15, 0.2) is 35.2 Å². The van der Waals surface area contributed by atoms with Crippen LogP contribution in [0, 0.1) is 11.8 Å². The van der Waals surface area contributed by atoms with Crippen LogP contribution in [-0.2, 0) is 6.61 Å². The van der Waals surface area contributed by atoms with Gasteiger partial charge in [0.05, 0.1) is 11.2 Å². The average Bonchev–Trinajstić information content (AvgIpc) is 3.50. The smallest absolute Gasteiger partial charge is 0.251 e. The maximum absolute atomic E-state index is 12.5. The number of carbonyl (C=O) groups excluding carboxylic acids is 1. The highest BCUT2D eigenvalue weighted by molar-refractivity contribution is 7.07. The maximum Gasteiger partial charge on any atom is 0.251 e. The summed E-state index contributed by atoms with van der Waals surface area (Å²) in [4.78, 5) is 16.7. The number of nitrogens with zero attached hydrogens (tertiary/aromatic N) is 1. The van der Waals surface area contributed by atoms with Gasteiger partial charge in [-0.1, -0.05) is 6.07 Å². The van der Waals surface area contributed by atoms with Gasteiger partial charge < -0.3 is 10.1 Å². The van der Waals surface area contributed by atoms with E-state index < -0.39 is 0 Å². The maximum atomic E-state index is 12.5. The number of thiazole rings is 1. The Bertz CT molecular complexity index is 666. The van der Waals surface area contributed by atoms with E-state index in [0.29, 0.717) is 35.8 Å². The lowest BCUT2D eigenvalue weighted by Crippen LogP contribution is -2.38. The molecule has 5 heteroatoms. The fourth-order valence-electron chi connectivity index (χ4n) is 2.96. The first-order chi connectivity index (χ1) is 11.3. The number of hydrogen-bond donors (Lipinski definition) is 1. The predicted octanol–water partition coefficient (Wildman–Crippen LogP) is 3.64. The van der Waals surface area contributed by atoms with E-state index in [4.69, 9.17) is 4.74 Å². The molecule has 2 saturated carbocycles. The third-order valence-electron chi connectivity index (χ3n) is 4.52. The fraction of sp³-hybridized carbons (Fsp3) is 0.444. The minimum Gasteiger partial charge on any atom is -0.487 e. The summed E-state index contributed by atoms with van der Waals surface area (Å²) in [6.45, 7) is 0.432. The normalized spacial score (nSPS) is 17.3. The van der Waals surface area contributed by atoms with Gasteiger partial charge in [-0.05, 0) is 55.7 Å². The monoisotopic (exact) mass is 328 g/mol. The van der Waals surface area contributed by atoms with Gasteiger partial charge in [0.1, 0.15) is 12.4 Å². The highest BCUT2D eigenvalue weighted by Crippen LogP contribution is 2.44. The molecule has 0 radical (unpaired) electrons. The number of nitrogens with one attached hydrogen (secondary N) is 1. The number of hydrogen-bond acceptors (Lipinski definition) is 4. The molecule has 1 heterocycles. The van der Waals surface area contributed by atoms with Crippen LogP contribution >= 0.6 is 11.3 Å². The summed E-state index contributed by atoms with van der Waals surface area (Å²) in [5.41, 5.74) is 3.37. The molecule has 1 aromatic carbocycles. The standard InChI is InChI=1S/C18H20N2O2S/c21-18(20-17(12-4-5-12)13-6-7-13)14-2-1-3-16(8-14)22-9-15-10-23-11-19-15/h1-3,8,10-13,17H,4-7,9H2,(H,20,21). The SMILES string of the molecule is O=C(NC(C1CC1)C1CC1)c1cccc(OCc2cscn2)c1. The van der Waals surface area contributed by atoms with Crippen LogP contribution in [0.4, 0.5) is 0 Å². The Morgan fingerprint density at radius 1 is 1.30 bits per heavy atom. The molecular formula is C18H20N2O2S. The molecule has 4 rings (SSSR count). The largest absolute Gasteiger partial charge is 0.487 e. The molecule has 2 aliphatic carbocycles. The minimum atomic E-state index is 0.0212. The van der Waals surface area contributed by atoms with Crippen molar-refractivity contribution in [2.24, 2.45) is 11.8 Å². The van der Waals surface area contributed by atoms with Crippen LogP contribution in [0.5, 0.6) is 5.75 Å². The first kappa shape index (κ1) is 14.7. The molecule has 4 nitrogen and oxygen atoms in total. The van der Waals surface area contributed by atoms with Crippen molar-refractivity contribution in [3.63, 3.8) is 0 Å². The molecule has 1 amide bonds. The zero-order valence-corrected chi connectivity index (χ0v) is 13.7. The van der Waals surface area contributed by atoms with E-state index in [1.807, 2.05) is 29.6 Å². The van der Waals surface area contributed by atoms with E-state index in [9.17, 15) is 4.79 Å². The van der Waals surface area contributed by atoms with Gasteiger partial charge >= 0.3 is 0 Å². The number of benzene rings is 1. The summed E-state index contributed by atoms with van der Waals surface area (Å²) >= 11 is 1.55. The first-order valence-electron chi connectivity index (χ1n) is 8.20. The van der Waals surface area contributed by atoms with Gasteiger partial charge in [-0.15, -0.1) is 11.3 Å². The summed E-state index contributed by atoms with van der Waals surface area (Å²) in [7, 11) is 0. The molecule has 0 aliphatic heterocycles. The van der Waals surface area contributed by atoms with Crippen LogP contribution in [0.1, 0.15) is 41.7 Å². The lowest BCUT2D eigenvalue weighted by molar-refractivity contribution is 0.0926. The van der Waals surface area contributed by atoms with E-state index in [0.717, 1.165) is 5.69 Å². The number of rotatable bonds is 7. The van der Waals surface area contributed by atoms with Crippen molar-refractivity contribution in [1.29, 1.82) is 0 Å². The number of aromatic nitrogens is 1. The molecule has 0 spiro atoms. The van der Waals surface area contributed by atoms with Gasteiger partial charge in [-0.2, -0.15) is 0 Å². The van der Waals surface area contributed by atoms with Crippen LogP contribution in [0.2, 0.25) is 0 Å². The molecule has 23 heavy (non-hydrogen) atoms. The lowest BCUT2D eigenvalue weighted by Gasteiger charge is -2.18. The quantitative estimate of drug-likeness (QED) is 0.844. The zero-order chi connectivity index (χ0) is 15.6. The lowest BCUT2D eigenvalue weighted by atomic mass is 10.1. The third kappa shape index (κ3) is 3.72. The molecular weight excluding hydrogens is 308 g/mol. The molecule has 0 unspecified atom stereocenters.